The van der Waals surface area contributed by atoms with Gasteiger partial charge in [0.25, 0.3) is 5.91 Å². The first-order valence-electron chi connectivity index (χ1n) is 14.8. The van der Waals surface area contributed by atoms with E-state index in [0.717, 1.165) is 35.2 Å². The lowest BCUT2D eigenvalue weighted by Crippen LogP contribution is -2.40. The molecule has 0 unspecified atom stereocenters. The van der Waals surface area contributed by atoms with Crippen molar-refractivity contribution in [1.82, 2.24) is 14.6 Å². The predicted molar refractivity (Wildman–Crippen MR) is 160 cm³/mol. The van der Waals surface area contributed by atoms with Gasteiger partial charge in [-0.3, -0.25) is 4.79 Å². The molecule has 2 N–H and O–H groups in total. The molecule has 1 amide bonds. The Labute approximate surface area is 247 Å². The predicted octanol–water partition coefficient (Wildman–Crippen LogP) is 6.43. The van der Waals surface area contributed by atoms with E-state index in [4.69, 9.17) is 4.74 Å². The number of aromatic nitrogens is 1. The molecule has 0 bridgehead atoms. The van der Waals surface area contributed by atoms with Crippen molar-refractivity contribution in [2.24, 2.45) is 5.92 Å². The Hall–Kier alpha value is -2.82. The number of ether oxygens (including phenoxy) is 1. The van der Waals surface area contributed by atoms with Crippen LogP contribution in [0.1, 0.15) is 75.3 Å². The van der Waals surface area contributed by atoms with E-state index in [1.807, 2.05) is 31.2 Å². The normalized spacial score (nSPS) is 18.8. The number of nitrogens with zero attached hydrogens (tertiary/aromatic N) is 1. The van der Waals surface area contributed by atoms with E-state index in [2.05, 4.69) is 14.6 Å². The molecule has 10 heteroatoms. The molecule has 5 rings (SSSR count). The Bertz CT molecular complexity index is 1560. The molecule has 2 aromatic carbocycles. The molecular formula is C32H41F2N3O4S. The Morgan fingerprint density at radius 3 is 2.31 bits per heavy atom. The number of nitrogens with one attached hydrogen (secondary N) is 2. The van der Waals surface area contributed by atoms with Crippen LogP contribution in [0.25, 0.3) is 22.0 Å². The minimum absolute atomic E-state index is 0.0265. The van der Waals surface area contributed by atoms with Crippen molar-refractivity contribution in [3.8, 4) is 11.3 Å². The van der Waals surface area contributed by atoms with E-state index >= 15 is 0 Å². The van der Waals surface area contributed by atoms with Crippen LogP contribution in [-0.2, 0) is 21.3 Å². The summed E-state index contributed by atoms with van der Waals surface area (Å²) in [5.74, 6) is -2.76. The lowest BCUT2D eigenvalue weighted by Gasteiger charge is -2.29. The zero-order chi connectivity index (χ0) is 30.3. The number of halogens is 2. The van der Waals surface area contributed by atoms with Crippen LogP contribution in [0, 0.1) is 12.8 Å². The second kappa shape index (κ2) is 11.7. The zero-order valence-electron chi connectivity index (χ0n) is 24.8. The molecular weight excluding hydrogens is 560 g/mol. The van der Waals surface area contributed by atoms with Gasteiger partial charge in [-0.05, 0) is 76.8 Å². The largest absolute Gasteiger partial charge is 0.381 e. The number of alkyl halides is 2. The molecule has 2 fully saturated rings. The summed E-state index contributed by atoms with van der Waals surface area (Å²) >= 11 is 0. The van der Waals surface area contributed by atoms with Crippen LogP contribution in [0.5, 0.6) is 0 Å². The highest BCUT2D eigenvalue weighted by Gasteiger charge is 2.36. The topological polar surface area (TPSA) is 89.4 Å². The number of benzene rings is 2. The fourth-order valence-electron chi connectivity index (χ4n) is 6.17. The molecule has 1 aliphatic heterocycles. The van der Waals surface area contributed by atoms with E-state index in [-0.39, 0.29) is 35.6 Å². The zero-order valence-corrected chi connectivity index (χ0v) is 25.6. The standard InChI is InChI=1S/C32H41F2N3O4S/c1-21-27(30(38)35-23-13-17-41-18-14-23)19-28(37(21)20-22-11-15-32(33,34)16-12-22)25-9-10-29(26-8-6-5-7-24(25)26)42(39,40)36-31(2,3)4/h5-10,19,22-23,36H,11-18,20H2,1-4H3,(H,35,38). The van der Waals surface area contributed by atoms with Crippen molar-refractivity contribution in [2.45, 2.75) is 95.2 Å². The van der Waals surface area contributed by atoms with Crippen LogP contribution in [0.4, 0.5) is 8.78 Å². The fourth-order valence-corrected chi connectivity index (χ4v) is 7.80. The maximum absolute atomic E-state index is 14.0. The van der Waals surface area contributed by atoms with Gasteiger partial charge in [0.15, 0.2) is 0 Å². The number of hydrogen-bond acceptors (Lipinski definition) is 4. The SMILES string of the molecule is Cc1c(C(=O)NC2CCOCC2)cc(-c2ccc(S(=O)(=O)NC(C)(C)C)c3ccccc23)n1CC1CCC(F)(F)CC1. The van der Waals surface area contributed by atoms with Crippen molar-refractivity contribution in [2.75, 3.05) is 13.2 Å². The molecule has 7 nitrogen and oxygen atoms in total. The molecule has 2 aliphatic rings. The number of sulfonamides is 1. The smallest absolute Gasteiger partial charge is 0.253 e. The monoisotopic (exact) mass is 601 g/mol. The average Bonchev–Trinajstić information content (AvgIpc) is 3.24. The summed E-state index contributed by atoms with van der Waals surface area (Å²) in [5.41, 5.74) is 2.20. The van der Waals surface area contributed by atoms with Gasteiger partial charge in [0.1, 0.15) is 0 Å². The van der Waals surface area contributed by atoms with Crippen molar-refractivity contribution in [3.63, 3.8) is 0 Å². The van der Waals surface area contributed by atoms with E-state index in [1.54, 1.807) is 39.0 Å². The molecule has 1 aromatic heterocycles. The van der Waals surface area contributed by atoms with Gasteiger partial charge in [-0.15, -0.1) is 0 Å². The van der Waals surface area contributed by atoms with Crippen LogP contribution < -0.4 is 10.0 Å². The van der Waals surface area contributed by atoms with Crippen LogP contribution in [0.15, 0.2) is 47.4 Å². The van der Waals surface area contributed by atoms with Crippen molar-refractivity contribution < 1.29 is 26.7 Å². The molecule has 1 saturated heterocycles. The van der Waals surface area contributed by atoms with Crippen LogP contribution in [0.3, 0.4) is 0 Å². The van der Waals surface area contributed by atoms with Gasteiger partial charge in [-0.1, -0.05) is 30.3 Å². The Balaban J connectivity index is 1.59. The van der Waals surface area contributed by atoms with Crippen molar-refractivity contribution >= 4 is 26.7 Å². The number of hydrogen-bond donors (Lipinski definition) is 2. The quantitative estimate of drug-likeness (QED) is 0.327. The first-order chi connectivity index (χ1) is 19.7. The molecule has 42 heavy (non-hydrogen) atoms. The van der Waals surface area contributed by atoms with Gasteiger partial charge in [-0.2, -0.15) is 0 Å². The Morgan fingerprint density at radius 2 is 1.67 bits per heavy atom. The summed E-state index contributed by atoms with van der Waals surface area (Å²) in [6.07, 6.45) is 2.03. The van der Waals surface area contributed by atoms with Gasteiger partial charge in [0.05, 0.1) is 10.5 Å². The average molecular weight is 602 g/mol. The summed E-state index contributed by atoms with van der Waals surface area (Å²) in [7, 11) is -3.82. The third kappa shape index (κ3) is 6.71. The van der Waals surface area contributed by atoms with E-state index in [0.29, 0.717) is 43.5 Å². The van der Waals surface area contributed by atoms with E-state index in [9.17, 15) is 22.0 Å². The van der Waals surface area contributed by atoms with Crippen LogP contribution >= 0.6 is 0 Å². The molecule has 3 aromatic rings. The molecule has 1 saturated carbocycles. The third-order valence-electron chi connectivity index (χ3n) is 8.34. The van der Waals surface area contributed by atoms with Gasteiger partial charge in [-0.25, -0.2) is 21.9 Å². The number of carbonyl (C=O) groups is 1. The van der Waals surface area contributed by atoms with Crippen molar-refractivity contribution in [3.05, 3.63) is 53.7 Å². The molecule has 0 atom stereocenters. The van der Waals surface area contributed by atoms with Gasteiger partial charge < -0.3 is 14.6 Å². The maximum atomic E-state index is 14.0. The Morgan fingerprint density at radius 1 is 1.02 bits per heavy atom. The highest BCUT2D eigenvalue weighted by molar-refractivity contribution is 7.89. The molecule has 1 aliphatic carbocycles. The molecule has 228 valence electrons. The number of fused-ring (bicyclic) bond motifs is 1. The number of rotatable bonds is 7. The molecule has 2 heterocycles. The second-order valence-corrected chi connectivity index (χ2v) is 14.5. The van der Waals surface area contributed by atoms with Crippen LogP contribution in [0.2, 0.25) is 0 Å². The first-order valence-corrected chi connectivity index (χ1v) is 16.3. The highest BCUT2D eigenvalue weighted by Crippen LogP contribution is 2.40. The lowest BCUT2D eigenvalue weighted by atomic mass is 9.86. The lowest BCUT2D eigenvalue weighted by molar-refractivity contribution is -0.0473. The highest BCUT2D eigenvalue weighted by atomic mass is 32.2. The first kappa shape index (κ1) is 30.6. The van der Waals surface area contributed by atoms with Gasteiger partial charge in [0, 0.05) is 66.5 Å². The van der Waals surface area contributed by atoms with Crippen LogP contribution in [-0.4, -0.2) is 49.6 Å². The van der Waals surface area contributed by atoms with Gasteiger partial charge >= 0.3 is 0 Å². The summed E-state index contributed by atoms with van der Waals surface area (Å²) in [5, 5.41) is 4.46. The summed E-state index contributed by atoms with van der Waals surface area (Å²) in [4.78, 5) is 13.7. The van der Waals surface area contributed by atoms with Crippen molar-refractivity contribution in [1.29, 1.82) is 0 Å². The second-order valence-electron chi connectivity index (χ2n) is 12.8. The molecule has 0 spiro atoms. The number of carbonyl (C=O) groups excluding carboxylic acids is 1. The summed E-state index contributed by atoms with van der Waals surface area (Å²) in [6, 6.07) is 12.6. The third-order valence-corrected chi connectivity index (χ3v) is 10.2. The van der Waals surface area contributed by atoms with E-state index in [1.165, 1.54) is 0 Å². The Kier molecular flexibility index (Phi) is 8.53. The van der Waals surface area contributed by atoms with Gasteiger partial charge in [0.2, 0.25) is 15.9 Å². The maximum Gasteiger partial charge on any atom is 0.253 e. The van der Waals surface area contributed by atoms with E-state index < -0.39 is 21.5 Å². The fraction of sp³-hybridized carbons (Fsp3) is 0.531. The summed E-state index contributed by atoms with van der Waals surface area (Å²) in [6.45, 7) is 9.00. The minimum Gasteiger partial charge on any atom is -0.381 e. The summed E-state index contributed by atoms with van der Waals surface area (Å²) < 4.78 is 64.9. The number of amides is 1. The minimum atomic E-state index is -3.82. The molecule has 0 radical (unpaired) electrons.